The molecule has 0 amide bonds. The van der Waals surface area contributed by atoms with Gasteiger partial charge in [0.25, 0.3) is 0 Å². The molecular weight excluding hydrogens is 210 g/mol. The van der Waals surface area contributed by atoms with E-state index in [1.54, 1.807) is 4.90 Å². The fraction of sp³-hybridized carbons (Fsp3) is 0.300. The summed E-state index contributed by atoms with van der Waals surface area (Å²) in [5.74, 6) is -0.648. The molecule has 0 spiro atoms. The van der Waals surface area contributed by atoms with Gasteiger partial charge < -0.3 is 9.52 Å². The number of nitrogens with zero attached hydrogens (tertiary/aromatic N) is 3. The molecule has 0 radical (unpaired) electrons. The molecule has 1 N–H and O–H groups in total. The molecule has 0 fully saturated rings. The topological polar surface area (TPSA) is 101 Å². The Morgan fingerprint density at radius 1 is 1.44 bits per heavy atom. The highest BCUT2D eigenvalue weighted by Crippen LogP contribution is 2.10. The zero-order valence-corrected chi connectivity index (χ0v) is 8.38. The summed E-state index contributed by atoms with van der Waals surface area (Å²) in [5, 5.41) is 25.7. The molecule has 82 valence electrons. The number of hydrogen-bond acceptors (Lipinski definition) is 5. The quantitative estimate of drug-likeness (QED) is 0.736. The van der Waals surface area contributed by atoms with Crippen LogP contribution in [0.3, 0.4) is 0 Å². The summed E-state index contributed by atoms with van der Waals surface area (Å²) in [6.07, 6.45) is 1.13. The van der Waals surface area contributed by atoms with E-state index in [0.717, 1.165) is 6.26 Å². The van der Waals surface area contributed by atoms with E-state index < -0.39 is 5.97 Å². The van der Waals surface area contributed by atoms with E-state index in [2.05, 4.69) is 0 Å². The van der Waals surface area contributed by atoms with Crippen molar-refractivity contribution < 1.29 is 14.3 Å². The van der Waals surface area contributed by atoms with Crippen LogP contribution in [-0.4, -0.2) is 29.1 Å². The average molecular weight is 219 g/mol. The van der Waals surface area contributed by atoms with Gasteiger partial charge in [0, 0.05) is 0 Å². The number of carboxylic acid groups (broad SMARTS) is 1. The Kier molecular flexibility index (Phi) is 4.07. The minimum atomic E-state index is -1.07. The maximum absolute atomic E-state index is 10.6. The van der Waals surface area contributed by atoms with Gasteiger partial charge in [0.2, 0.25) is 0 Å². The summed E-state index contributed by atoms with van der Waals surface area (Å²) < 4.78 is 5.01. The molecule has 0 aromatic carbocycles. The summed E-state index contributed by atoms with van der Waals surface area (Å²) in [4.78, 5) is 12.1. The third-order valence-electron chi connectivity index (χ3n) is 1.87. The number of carbonyl (C=O) groups is 1. The Bertz CT molecular complexity index is 437. The van der Waals surface area contributed by atoms with Crippen LogP contribution < -0.4 is 0 Å². The van der Waals surface area contributed by atoms with E-state index in [-0.39, 0.29) is 25.2 Å². The van der Waals surface area contributed by atoms with Gasteiger partial charge in [0.05, 0.1) is 37.3 Å². The lowest BCUT2D eigenvalue weighted by atomic mass is 10.3. The smallest absolute Gasteiger partial charge is 0.338 e. The van der Waals surface area contributed by atoms with Gasteiger partial charge in [-0.15, -0.1) is 0 Å². The minimum absolute atomic E-state index is 0.0591. The van der Waals surface area contributed by atoms with Crippen molar-refractivity contribution in [3.8, 4) is 12.1 Å². The molecule has 1 aromatic rings. The number of hydrogen-bond donors (Lipinski definition) is 1. The summed E-state index contributed by atoms with van der Waals surface area (Å²) >= 11 is 0. The lowest BCUT2D eigenvalue weighted by molar-refractivity contribution is 0.0696. The van der Waals surface area contributed by atoms with Crippen molar-refractivity contribution in [2.75, 3.05) is 13.1 Å². The highest BCUT2D eigenvalue weighted by molar-refractivity contribution is 5.87. The van der Waals surface area contributed by atoms with Gasteiger partial charge in [-0.25, -0.2) is 4.79 Å². The number of carboxylic acids is 1. The van der Waals surface area contributed by atoms with Gasteiger partial charge in [-0.1, -0.05) is 0 Å². The van der Waals surface area contributed by atoms with Crippen molar-refractivity contribution in [3.05, 3.63) is 23.7 Å². The van der Waals surface area contributed by atoms with Crippen LogP contribution in [0.25, 0.3) is 0 Å². The molecule has 1 heterocycles. The molecule has 0 saturated carbocycles. The molecule has 6 nitrogen and oxygen atoms in total. The van der Waals surface area contributed by atoms with Crippen LogP contribution in [0.5, 0.6) is 0 Å². The lowest BCUT2D eigenvalue weighted by Gasteiger charge is -2.12. The molecule has 1 aromatic heterocycles. The molecule has 0 atom stereocenters. The fourth-order valence-corrected chi connectivity index (χ4v) is 1.16. The van der Waals surface area contributed by atoms with Crippen LogP contribution in [0.4, 0.5) is 0 Å². The number of nitriles is 2. The lowest BCUT2D eigenvalue weighted by Crippen LogP contribution is -2.23. The molecule has 0 bridgehead atoms. The predicted octanol–water partition coefficient (Wildman–Crippen LogP) is 0.827. The summed E-state index contributed by atoms with van der Waals surface area (Å²) in [6, 6.07) is 5.22. The first-order valence-corrected chi connectivity index (χ1v) is 4.44. The largest absolute Gasteiger partial charge is 0.478 e. The second kappa shape index (κ2) is 5.54. The van der Waals surface area contributed by atoms with Crippen molar-refractivity contribution in [3.63, 3.8) is 0 Å². The van der Waals surface area contributed by atoms with Crippen LogP contribution >= 0.6 is 0 Å². The van der Waals surface area contributed by atoms with Crippen molar-refractivity contribution >= 4 is 5.97 Å². The zero-order chi connectivity index (χ0) is 12.0. The van der Waals surface area contributed by atoms with Gasteiger partial charge in [0.1, 0.15) is 12.0 Å². The molecule has 6 heteroatoms. The number of aromatic carboxylic acids is 1. The molecule has 0 saturated heterocycles. The molecule has 1 rings (SSSR count). The van der Waals surface area contributed by atoms with Crippen LogP contribution in [0.2, 0.25) is 0 Å². The van der Waals surface area contributed by atoms with E-state index in [0.29, 0.717) is 5.76 Å². The first kappa shape index (κ1) is 11.8. The highest BCUT2D eigenvalue weighted by Gasteiger charge is 2.11. The van der Waals surface area contributed by atoms with Crippen molar-refractivity contribution in [1.82, 2.24) is 4.90 Å². The number of rotatable bonds is 5. The molecular formula is C10H9N3O3. The maximum Gasteiger partial charge on any atom is 0.338 e. The third-order valence-corrected chi connectivity index (χ3v) is 1.87. The summed E-state index contributed by atoms with van der Waals surface area (Å²) in [6.45, 7) is 0.432. The SMILES string of the molecule is N#CCN(CC#N)Cc1cc(C(=O)O)co1. The van der Waals surface area contributed by atoms with Crippen molar-refractivity contribution in [2.45, 2.75) is 6.54 Å². The highest BCUT2D eigenvalue weighted by atomic mass is 16.4. The second-order valence-corrected chi connectivity index (χ2v) is 3.07. The van der Waals surface area contributed by atoms with Gasteiger partial charge in [-0.2, -0.15) is 10.5 Å². The fourth-order valence-electron chi connectivity index (χ4n) is 1.16. The van der Waals surface area contributed by atoms with Crippen molar-refractivity contribution in [1.29, 1.82) is 10.5 Å². The number of furan rings is 1. The van der Waals surface area contributed by atoms with E-state index in [1.165, 1.54) is 6.07 Å². The Morgan fingerprint density at radius 3 is 2.50 bits per heavy atom. The molecule has 0 aliphatic carbocycles. The van der Waals surface area contributed by atoms with Gasteiger partial charge >= 0.3 is 5.97 Å². The van der Waals surface area contributed by atoms with Gasteiger partial charge in [-0.05, 0) is 6.07 Å². The van der Waals surface area contributed by atoms with Crippen LogP contribution in [0.15, 0.2) is 16.7 Å². The predicted molar refractivity (Wildman–Crippen MR) is 52.2 cm³/mol. The Morgan fingerprint density at radius 2 is 2.06 bits per heavy atom. The van der Waals surface area contributed by atoms with Crippen LogP contribution in [-0.2, 0) is 6.54 Å². The Hall–Kier alpha value is -2.31. The Labute approximate surface area is 91.9 Å². The molecule has 16 heavy (non-hydrogen) atoms. The van der Waals surface area contributed by atoms with E-state index >= 15 is 0 Å². The molecule has 0 unspecified atom stereocenters. The van der Waals surface area contributed by atoms with E-state index in [1.807, 2.05) is 12.1 Å². The van der Waals surface area contributed by atoms with Crippen LogP contribution in [0, 0.1) is 22.7 Å². The van der Waals surface area contributed by atoms with Gasteiger partial charge in [-0.3, -0.25) is 4.90 Å². The average Bonchev–Trinajstić information content (AvgIpc) is 2.67. The normalized spacial score (nSPS) is 9.69. The van der Waals surface area contributed by atoms with Crippen molar-refractivity contribution in [2.24, 2.45) is 0 Å². The summed E-state index contributed by atoms with van der Waals surface area (Å²) in [7, 11) is 0. The van der Waals surface area contributed by atoms with Gasteiger partial charge in [0.15, 0.2) is 0 Å². The first-order chi connectivity index (χ1) is 7.67. The standard InChI is InChI=1S/C10H9N3O3/c11-1-3-13(4-2-12)6-9-5-8(7-16-9)10(14)15/h5,7H,3-4,6H2,(H,14,15). The monoisotopic (exact) mass is 219 g/mol. The van der Waals surface area contributed by atoms with E-state index in [9.17, 15) is 4.79 Å². The minimum Gasteiger partial charge on any atom is -0.478 e. The summed E-state index contributed by atoms with van der Waals surface area (Å²) in [5.41, 5.74) is 0.0591. The molecule has 0 aliphatic heterocycles. The maximum atomic E-state index is 10.6. The molecule has 0 aliphatic rings. The van der Waals surface area contributed by atoms with E-state index in [4.69, 9.17) is 20.0 Å². The zero-order valence-electron chi connectivity index (χ0n) is 8.38. The Balaban J connectivity index is 2.67. The first-order valence-electron chi connectivity index (χ1n) is 4.44. The second-order valence-electron chi connectivity index (χ2n) is 3.07. The third kappa shape index (κ3) is 3.12. The van der Waals surface area contributed by atoms with Crippen LogP contribution in [0.1, 0.15) is 16.1 Å².